The molecular formula is C15H21Cl2N3O2. The lowest BCUT2D eigenvalue weighted by molar-refractivity contribution is 0.0315. The van der Waals surface area contributed by atoms with Crippen molar-refractivity contribution in [3.63, 3.8) is 0 Å². The van der Waals surface area contributed by atoms with Crippen LogP contribution in [0.25, 0.3) is 0 Å². The lowest BCUT2D eigenvalue weighted by Crippen LogP contribution is -2.41. The summed E-state index contributed by atoms with van der Waals surface area (Å²) in [5.74, 6) is 0.113. The average Bonchev–Trinajstić information content (AvgIpc) is 2.74. The molecule has 2 amide bonds. The van der Waals surface area contributed by atoms with Crippen molar-refractivity contribution in [1.29, 1.82) is 0 Å². The van der Waals surface area contributed by atoms with Crippen LogP contribution in [-0.2, 0) is 4.74 Å². The maximum absolute atomic E-state index is 11.6. The molecule has 22 heavy (non-hydrogen) atoms. The first-order valence-corrected chi connectivity index (χ1v) is 8.16. The second-order valence-corrected chi connectivity index (χ2v) is 5.98. The Bertz CT molecular complexity index is 514. The third-order valence-corrected chi connectivity index (χ3v) is 4.28. The van der Waals surface area contributed by atoms with Crippen LogP contribution < -0.4 is 16.0 Å². The van der Waals surface area contributed by atoms with Crippen molar-refractivity contribution >= 4 is 29.2 Å². The molecule has 1 aromatic rings. The number of amides is 2. The maximum atomic E-state index is 11.6. The third kappa shape index (κ3) is 4.74. The van der Waals surface area contributed by atoms with Gasteiger partial charge in [0.15, 0.2) is 0 Å². The van der Waals surface area contributed by atoms with Gasteiger partial charge in [0.25, 0.3) is 0 Å². The van der Waals surface area contributed by atoms with Crippen LogP contribution in [0, 0.1) is 5.92 Å². The molecule has 2 rings (SSSR count). The number of carbonyl (C=O) groups is 1. The highest BCUT2D eigenvalue weighted by Crippen LogP contribution is 2.31. The molecule has 1 unspecified atom stereocenters. The number of urea groups is 1. The van der Waals surface area contributed by atoms with E-state index in [0.29, 0.717) is 29.7 Å². The lowest BCUT2D eigenvalue weighted by Gasteiger charge is -2.25. The maximum Gasteiger partial charge on any atom is 0.314 e. The average molecular weight is 346 g/mol. The Labute approximate surface area is 140 Å². The van der Waals surface area contributed by atoms with Crippen LogP contribution in [0.1, 0.15) is 18.6 Å². The Hall–Kier alpha value is -1.01. The first-order chi connectivity index (χ1) is 10.6. The van der Waals surface area contributed by atoms with Crippen molar-refractivity contribution in [2.75, 3.05) is 32.8 Å². The molecule has 0 spiro atoms. The number of halogens is 2. The van der Waals surface area contributed by atoms with Crippen LogP contribution in [0.4, 0.5) is 4.79 Å². The van der Waals surface area contributed by atoms with Gasteiger partial charge in [-0.15, -0.1) is 0 Å². The Morgan fingerprint density at radius 2 is 2.18 bits per heavy atom. The van der Waals surface area contributed by atoms with Crippen molar-refractivity contribution in [1.82, 2.24) is 16.0 Å². The summed E-state index contributed by atoms with van der Waals surface area (Å²) in [6.45, 7) is 5.16. The van der Waals surface area contributed by atoms with Crippen LogP contribution >= 0.6 is 23.2 Å². The van der Waals surface area contributed by atoms with Gasteiger partial charge in [-0.2, -0.15) is 0 Å². The minimum atomic E-state index is -0.167. The standard InChI is InChI=1S/C15H21Cl2N3O2/c1-2-19-15(21)20-9-11-8-18-5-6-22-14(11)10-3-4-12(16)13(17)7-10/h3-4,7,11,14,18H,2,5-6,8-9H2,1H3,(H2,19,20,21)/t11-,14?/m1/s1. The minimum Gasteiger partial charge on any atom is -0.372 e. The summed E-state index contributed by atoms with van der Waals surface area (Å²) in [6, 6.07) is 5.36. The molecular weight excluding hydrogens is 325 g/mol. The summed E-state index contributed by atoms with van der Waals surface area (Å²) in [6.07, 6.45) is -0.133. The van der Waals surface area contributed by atoms with Crippen molar-refractivity contribution in [3.05, 3.63) is 33.8 Å². The molecule has 1 saturated heterocycles. The minimum absolute atomic E-state index is 0.113. The van der Waals surface area contributed by atoms with Gasteiger partial charge in [-0.3, -0.25) is 0 Å². The fraction of sp³-hybridized carbons (Fsp3) is 0.533. The predicted octanol–water partition coefficient (Wildman–Crippen LogP) is 2.59. The zero-order valence-corrected chi connectivity index (χ0v) is 14.0. The summed E-state index contributed by atoms with van der Waals surface area (Å²) in [5, 5.41) is 9.95. The lowest BCUT2D eigenvalue weighted by atomic mass is 9.95. The second kappa shape index (κ2) is 8.58. The molecule has 1 aliphatic heterocycles. The summed E-state index contributed by atoms with van der Waals surface area (Å²) < 4.78 is 5.95. The van der Waals surface area contributed by atoms with E-state index in [9.17, 15) is 4.79 Å². The summed E-state index contributed by atoms with van der Waals surface area (Å²) in [4.78, 5) is 11.6. The highest BCUT2D eigenvalue weighted by atomic mass is 35.5. The number of hydrogen-bond donors (Lipinski definition) is 3. The van der Waals surface area contributed by atoms with Crippen LogP contribution in [0.2, 0.25) is 10.0 Å². The molecule has 1 heterocycles. The van der Waals surface area contributed by atoms with E-state index in [0.717, 1.165) is 18.7 Å². The molecule has 122 valence electrons. The van der Waals surface area contributed by atoms with Crippen LogP contribution in [0.3, 0.4) is 0 Å². The van der Waals surface area contributed by atoms with Gasteiger partial charge in [-0.25, -0.2) is 4.79 Å². The molecule has 1 aromatic carbocycles. The summed E-state index contributed by atoms with van der Waals surface area (Å²) >= 11 is 12.1. The largest absolute Gasteiger partial charge is 0.372 e. The van der Waals surface area contributed by atoms with Crippen LogP contribution in [-0.4, -0.2) is 38.8 Å². The Morgan fingerprint density at radius 3 is 2.91 bits per heavy atom. The van der Waals surface area contributed by atoms with Gasteiger partial charge in [0.2, 0.25) is 0 Å². The zero-order valence-electron chi connectivity index (χ0n) is 12.5. The first-order valence-electron chi connectivity index (χ1n) is 7.40. The molecule has 0 bridgehead atoms. The third-order valence-electron chi connectivity index (χ3n) is 3.55. The van der Waals surface area contributed by atoms with Crippen LogP contribution in [0.5, 0.6) is 0 Å². The number of benzene rings is 1. The van der Waals surface area contributed by atoms with E-state index in [-0.39, 0.29) is 18.1 Å². The molecule has 5 nitrogen and oxygen atoms in total. The fourth-order valence-electron chi connectivity index (χ4n) is 2.47. The molecule has 7 heteroatoms. The first kappa shape index (κ1) is 17.3. The number of nitrogens with one attached hydrogen (secondary N) is 3. The van der Waals surface area contributed by atoms with Crippen molar-refractivity contribution in [3.8, 4) is 0 Å². The smallest absolute Gasteiger partial charge is 0.314 e. The molecule has 0 saturated carbocycles. The molecule has 0 radical (unpaired) electrons. The van der Waals surface area contributed by atoms with Gasteiger partial charge < -0.3 is 20.7 Å². The van der Waals surface area contributed by atoms with E-state index < -0.39 is 0 Å². The second-order valence-electron chi connectivity index (χ2n) is 5.17. The monoisotopic (exact) mass is 345 g/mol. The Kier molecular flexibility index (Phi) is 6.76. The number of hydrogen-bond acceptors (Lipinski definition) is 3. The normalized spacial score (nSPS) is 22.0. The SMILES string of the molecule is CCNC(=O)NC[C@H]1CNCCOC1c1ccc(Cl)c(Cl)c1. The summed E-state index contributed by atoms with van der Waals surface area (Å²) in [7, 11) is 0. The van der Waals surface area contributed by atoms with Crippen molar-refractivity contribution < 1.29 is 9.53 Å². The van der Waals surface area contributed by atoms with Gasteiger partial charge in [0.1, 0.15) is 0 Å². The van der Waals surface area contributed by atoms with Crippen molar-refractivity contribution in [2.45, 2.75) is 13.0 Å². The van der Waals surface area contributed by atoms with Crippen LogP contribution in [0.15, 0.2) is 18.2 Å². The fourth-order valence-corrected chi connectivity index (χ4v) is 2.78. The Morgan fingerprint density at radius 1 is 1.36 bits per heavy atom. The number of rotatable bonds is 4. The summed E-state index contributed by atoms with van der Waals surface area (Å²) in [5.41, 5.74) is 0.973. The van der Waals surface area contributed by atoms with E-state index >= 15 is 0 Å². The van der Waals surface area contributed by atoms with E-state index in [2.05, 4.69) is 16.0 Å². The van der Waals surface area contributed by atoms with E-state index in [1.54, 1.807) is 6.07 Å². The predicted molar refractivity (Wildman–Crippen MR) is 88.6 cm³/mol. The van der Waals surface area contributed by atoms with Gasteiger partial charge in [0.05, 0.1) is 22.8 Å². The molecule has 3 N–H and O–H groups in total. The highest BCUT2D eigenvalue weighted by Gasteiger charge is 2.27. The van der Waals surface area contributed by atoms with Gasteiger partial charge in [-0.1, -0.05) is 29.3 Å². The van der Waals surface area contributed by atoms with E-state index in [4.69, 9.17) is 27.9 Å². The van der Waals surface area contributed by atoms with E-state index in [1.165, 1.54) is 0 Å². The highest BCUT2D eigenvalue weighted by molar-refractivity contribution is 6.42. The Balaban J connectivity index is 2.09. The number of ether oxygens (including phenoxy) is 1. The molecule has 1 fully saturated rings. The van der Waals surface area contributed by atoms with E-state index in [1.807, 2.05) is 19.1 Å². The molecule has 0 aliphatic carbocycles. The van der Waals surface area contributed by atoms with Gasteiger partial charge >= 0.3 is 6.03 Å². The van der Waals surface area contributed by atoms with Crippen molar-refractivity contribution in [2.24, 2.45) is 5.92 Å². The molecule has 0 aromatic heterocycles. The number of carbonyl (C=O) groups excluding carboxylic acids is 1. The molecule has 2 atom stereocenters. The topological polar surface area (TPSA) is 62.4 Å². The van der Waals surface area contributed by atoms with Gasteiger partial charge in [-0.05, 0) is 24.6 Å². The molecule has 1 aliphatic rings. The zero-order chi connectivity index (χ0) is 15.9. The quantitative estimate of drug-likeness (QED) is 0.785. The van der Waals surface area contributed by atoms with Gasteiger partial charge in [0, 0.05) is 32.1 Å².